The molecule has 0 saturated heterocycles. The summed E-state index contributed by atoms with van der Waals surface area (Å²) >= 11 is 3.96. The molecular weight excluding hydrogens is 276 g/mol. The van der Waals surface area contributed by atoms with E-state index in [1.807, 2.05) is 37.3 Å². The van der Waals surface area contributed by atoms with Crippen LogP contribution in [0.15, 0.2) is 29.8 Å². The average Bonchev–Trinajstić information content (AvgIpc) is 2.46. The molecule has 0 aliphatic carbocycles. The van der Waals surface area contributed by atoms with Crippen molar-refractivity contribution in [1.82, 2.24) is 0 Å². The van der Waals surface area contributed by atoms with Gasteiger partial charge in [0.25, 0.3) is 0 Å². The van der Waals surface area contributed by atoms with Gasteiger partial charge in [0.15, 0.2) is 11.0 Å². The second kappa shape index (κ2) is 7.75. The number of thiol groups is 1. The second-order valence-corrected chi connectivity index (χ2v) is 4.85. The first kappa shape index (κ1) is 16.3. The number of allylic oxidation sites excluding steroid dienone is 1. The van der Waals surface area contributed by atoms with Crippen LogP contribution in [0, 0.1) is 0 Å². The van der Waals surface area contributed by atoms with Gasteiger partial charge in [0.2, 0.25) is 0 Å². The molecule has 1 aromatic carbocycles. The maximum Gasteiger partial charge on any atom is 0.326 e. The van der Waals surface area contributed by atoms with Gasteiger partial charge in [-0.2, -0.15) is 12.6 Å². The van der Waals surface area contributed by atoms with E-state index in [9.17, 15) is 9.59 Å². The summed E-state index contributed by atoms with van der Waals surface area (Å²) in [6.07, 6.45) is 2.05. The minimum Gasteiger partial charge on any atom is -0.497 e. The number of carbonyl (C=O) groups excluding carboxylic acids is 2. The molecule has 1 atom stereocenters. The molecule has 0 aromatic heterocycles. The number of hydrogen-bond donors (Lipinski definition) is 1. The number of carbonyl (C=O) groups is 2. The smallest absolute Gasteiger partial charge is 0.326 e. The summed E-state index contributed by atoms with van der Waals surface area (Å²) in [6.45, 7) is 1.83. The number of esters is 1. The molecule has 0 aliphatic rings. The quantitative estimate of drug-likeness (QED) is 0.497. The van der Waals surface area contributed by atoms with Crippen LogP contribution < -0.4 is 4.74 Å². The molecule has 0 radical (unpaired) electrons. The zero-order valence-electron chi connectivity index (χ0n) is 11.8. The van der Waals surface area contributed by atoms with Gasteiger partial charge < -0.3 is 9.47 Å². The first-order valence-electron chi connectivity index (χ1n) is 6.07. The van der Waals surface area contributed by atoms with Crippen molar-refractivity contribution in [3.05, 3.63) is 35.4 Å². The lowest BCUT2D eigenvalue weighted by molar-refractivity contribution is -0.142. The Labute approximate surface area is 124 Å². The van der Waals surface area contributed by atoms with Gasteiger partial charge in [0.1, 0.15) is 5.75 Å². The number of methoxy groups -OCH3 is 2. The molecule has 0 spiro atoms. The van der Waals surface area contributed by atoms with Gasteiger partial charge in [-0.15, -0.1) is 0 Å². The summed E-state index contributed by atoms with van der Waals surface area (Å²) in [4.78, 5) is 23.0. The molecule has 0 bridgehead atoms. The van der Waals surface area contributed by atoms with Crippen LogP contribution in [-0.4, -0.2) is 31.2 Å². The summed E-state index contributed by atoms with van der Waals surface area (Å²) in [5.74, 6) is -0.130. The Hall–Kier alpha value is -1.75. The summed E-state index contributed by atoms with van der Waals surface area (Å²) in [7, 11) is 2.84. The maximum atomic E-state index is 11.8. The Morgan fingerprint density at radius 3 is 2.35 bits per heavy atom. The number of rotatable bonds is 6. The molecule has 5 heteroatoms. The molecule has 1 aromatic rings. The van der Waals surface area contributed by atoms with Gasteiger partial charge in [-0.1, -0.05) is 23.8 Å². The van der Waals surface area contributed by atoms with Gasteiger partial charge in [0.05, 0.1) is 14.2 Å². The highest BCUT2D eigenvalue weighted by Gasteiger charge is 2.22. The molecule has 0 heterocycles. The SMILES string of the molecule is COC(=O)C(S)C(=O)C/C(C)=C/c1ccc(OC)cc1. The lowest BCUT2D eigenvalue weighted by atomic mass is 10.1. The number of hydrogen-bond acceptors (Lipinski definition) is 5. The zero-order valence-corrected chi connectivity index (χ0v) is 12.6. The first-order valence-corrected chi connectivity index (χ1v) is 6.59. The van der Waals surface area contributed by atoms with Gasteiger partial charge in [-0.05, 0) is 24.6 Å². The molecule has 0 fully saturated rings. The van der Waals surface area contributed by atoms with E-state index in [0.29, 0.717) is 0 Å². The van der Waals surface area contributed by atoms with Crippen LogP contribution in [0.4, 0.5) is 0 Å². The molecular formula is C15H18O4S. The third-order valence-electron chi connectivity index (χ3n) is 2.71. The molecule has 1 rings (SSSR count). The highest BCUT2D eigenvalue weighted by atomic mass is 32.1. The van der Waals surface area contributed by atoms with Crippen molar-refractivity contribution in [3.8, 4) is 5.75 Å². The Kier molecular flexibility index (Phi) is 6.31. The van der Waals surface area contributed by atoms with Crippen molar-refractivity contribution in [1.29, 1.82) is 0 Å². The summed E-state index contributed by atoms with van der Waals surface area (Å²) in [5, 5.41) is -1.03. The summed E-state index contributed by atoms with van der Waals surface area (Å²) in [6, 6.07) is 7.48. The topological polar surface area (TPSA) is 52.6 Å². The van der Waals surface area contributed by atoms with E-state index in [2.05, 4.69) is 17.4 Å². The van der Waals surface area contributed by atoms with E-state index < -0.39 is 11.2 Å². The third kappa shape index (κ3) is 4.74. The number of Topliss-reactive ketones (excluding diaryl/α,β-unsaturated/α-hetero) is 1. The van der Waals surface area contributed by atoms with Crippen molar-refractivity contribution in [2.45, 2.75) is 18.6 Å². The average molecular weight is 294 g/mol. The molecule has 0 saturated carbocycles. The maximum absolute atomic E-state index is 11.8. The predicted molar refractivity (Wildman–Crippen MR) is 81.1 cm³/mol. The van der Waals surface area contributed by atoms with E-state index in [4.69, 9.17) is 4.74 Å². The zero-order chi connectivity index (χ0) is 15.1. The summed E-state index contributed by atoms with van der Waals surface area (Å²) < 4.78 is 9.56. The van der Waals surface area contributed by atoms with E-state index in [1.54, 1.807) is 7.11 Å². The molecule has 0 amide bonds. The predicted octanol–water partition coefficient (Wildman–Crippen LogP) is 2.53. The van der Waals surface area contributed by atoms with Crippen LogP contribution in [0.1, 0.15) is 18.9 Å². The largest absolute Gasteiger partial charge is 0.497 e. The number of benzene rings is 1. The minimum atomic E-state index is -1.03. The molecule has 0 aliphatic heterocycles. The monoisotopic (exact) mass is 294 g/mol. The van der Waals surface area contributed by atoms with Gasteiger partial charge in [-0.3, -0.25) is 9.59 Å². The number of ketones is 1. The molecule has 1 unspecified atom stereocenters. The fraction of sp³-hybridized carbons (Fsp3) is 0.333. The van der Waals surface area contributed by atoms with Gasteiger partial charge in [-0.25, -0.2) is 0 Å². The van der Waals surface area contributed by atoms with E-state index in [0.717, 1.165) is 16.9 Å². The van der Waals surface area contributed by atoms with E-state index >= 15 is 0 Å². The van der Waals surface area contributed by atoms with Crippen LogP contribution in [0.25, 0.3) is 6.08 Å². The number of ether oxygens (including phenoxy) is 2. The Morgan fingerprint density at radius 1 is 1.25 bits per heavy atom. The van der Waals surface area contributed by atoms with E-state index in [-0.39, 0.29) is 12.2 Å². The van der Waals surface area contributed by atoms with Gasteiger partial charge in [0, 0.05) is 6.42 Å². The van der Waals surface area contributed by atoms with Crippen molar-refractivity contribution in [2.75, 3.05) is 14.2 Å². The van der Waals surface area contributed by atoms with Crippen LogP contribution in [-0.2, 0) is 14.3 Å². The van der Waals surface area contributed by atoms with E-state index in [1.165, 1.54) is 7.11 Å². The molecule has 0 N–H and O–H groups in total. The van der Waals surface area contributed by atoms with Crippen molar-refractivity contribution >= 4 is 30.5 Å². The normalized spacial score (nSPS) is 12.7. The fourth-order valence-corrected chi connectivity index (χ4v) is 1.85. The summed E-state index contributed by atoms with van der Waals surface area (Å²) in [5.41, 5.74) is 1.81. The molecule has 4 nitrogen and oxygen atoms in total. The van der Waals surface area contributed by atoms with Crippen molar-refractivity contribution < 1.29 is 19.1 Å². The van der Waals surface area contributed by atoms with Crippen LogP contribution in [0.3, 0.4) is 0 Å². The molecule has 108 valence electrons. The fourth-order valence-electron chi connectivity index (χ4n) is 1.65. The Bertz CT molecular complexity index is 505. The van der Waals surface area contributed by atoms with Crippen LogP contribution in [0.2, 0.25) is 0 Å². The van der Waals surface area contributed by atoms with Crippen molar-refractivity contribution in [2.24, 2.45) is 0 Å². The van der Waals surface area contributed by atoms with Gasteiger partial charge >= 0.3 is 5.97 Å². The minimum absolute atomic E-state index is 0.162. The lowest BCUT2D eigenvalue weighted by Crippen LogP contribution is -2.25. The Morgan fingerprint density at radius 2 is 1.85 bits per heavy atom. The third-order valence-corrected chi connectivity index (χ3v) is 3.21. The highest BCUT2D eigenvalue weighted by molar-refractivity contribution is 7.82. The van der Waals surface area contributed by atoms with Crippen LogP contribution in [0.5, 0.6) is 5.75 Å². The highest BCUT2D eigenvalue weighted by Crippen LogP contribution is 2.16. The Balaban J connectivity index is 2.69. The first-order chi connectivity index (χ1) is 9.47. The second-order valence-electron chi connectivity index (χ2n) is 4.33. The standard InChI is InChI=1S/C15H18O4S/c1-10(9-13(16)14(20)15(17)19-3)8-11-4-6-12(18-2)7-5-11/h4-8,14,20H,9H2,1-3H3/b10-8+. The molecule has 20 heavy (non-hydrogen) atoms. The van der Waals surface area contributed by atoms with Crippen molar-refractivity contribution in [3.63, 3.8) is 0 Å². The van der Waals surface area contributed by atoms with Crippen LogP contribution >= 0.6 is 12.6 Å². The lowest BCUT2D eigenvalue weighted by Gasteiger charge is -2.07.